The number of aryl methyl sites for hydroxylation is 1. The summed E-state index contributed by atoms with van der Waals surface area (Å²) < 4.78 is 12.6. The van der Waals surface area contributed by atoms with Gasteiger partial charge < -0.3 is 9.47 Å². The summed E-state index contributed by atoms with van der Waals surface area (Å²) in [4.78, 5) is 12.9. The van der Waals surface area contributed by atoms with Crippen LogP contribution in [0.25, 0.3) is 10.8 Å². The fourth-order valence-corrected chi connectivity index (χ4v) is 4.56. The minimum absolute atomic E-state index is 0.303. The van der Waals surface area contributed by atoms with Crippen LogP contribution in [0.15, 0.2) is 78.9 Å². The van der Waals surface area contributed by atoms with Gasteiger partial charge in [0.1, 0.15) is 11.5 Å². The Morgan fingerprint density at radius 3 is 2.54 bits per heavy atom. The van der Waals surface area contributed by atoms with Crippen LogP contribution in [0.4, 0.5) is 0 Å². The van der Waals surface area contributed by atoms with Crippen molar-refractivity contribution in [3.63, 3.8) is 0 Å². The van der Waals surface area contributed by atoms with Crippen LogP contribution in [0, 0.1) is 6.92 Å². The molecule has 2 aliphatic rings. The first-order valence-corrected chi connectivity index (χ1v) is 9.32. The van der Waals surface area contributed by atoms with Crippen molar-refractivity contribution in [1.29, 1.82) is 0 Å². The summed E-state index contributed by atoms with van der Waals surface area (Å²) >= 11 is 0. The van der Waals surface area contributed by atoms with E-state index < -0.39 is 5.60 Å². The molecule has 0 N–H and O–H groups in total. The van der Waals surface area contributed by atoms with Crippen LogP contribution in [0.5, 0.6) is 11.5 Å². The standard InChI is InChI=1S/C25H16O3/c1-15-10-12-20-22(14-15)27-21-13-11-16-6-2-3-7-17(16)23(21)25(20)19-9-5-4-8-18(19)24(26)28-25/h2-14H,1H3. The van der Waals surface area contributed by atoms with Gasteiger partial charge in [-0.15, -0.1) is 0 Å². The molecule has 0 radical (unpaired) electrons. The van der Waals surface area contributed by atoms with Crippen LogP contribution in [-0.2, 0) is 10.3 Å². The number of carbonyl (C=O) groups is 1. The highest BCUT2D eigenvalue weighted by atomic mass is 16.6. The van der Waals surface area contributed by atoms with E-state index in [0.29, 0.717) is 5.56 Å². The summed E-state index contributed by atoms with van der Waals surface area (Å²) in [5.74, 6) is 1.15. The molecule has 2 heterocycles. The van der Waals surface area contributed by atoms with Crippen molar-refractivity contribution < 1.29 is 14.3 Å². The largest absolute Gasteiger partial charge is 0.456 e. The van der Waals surface area contributed by atoms with Crippen LogP contribution < -0.4 is 4.74 Å². The van der Waals surface area contributed by atoms with E-state index in [4.69, 9.17) is 9.47 Å². The van der Waals surface area contributed by atoms with E-state index in [-0.39, 0.29) is 5.97 Å². The number of fused-ring (bicyclic) bond motifs is 8. The van der Waals surface area contributed by atoms with Gasteiger partial charge in [0.2, 0.25) is 0 Å². The van der Waals surface area contributed by atoms with Crippen LogP contribution in [0.2, 0.25) is 0 Å². The van der Waals surface area contributed by atoms with Crippen molar-refractivity contribution in [2.75, 3.05) is 0 Å². The molecule has 0 saturated carbocycles. The molecular formula is C25H16O3. The molecule has 0 amide bonds. The van der Waals surface area contributed by atoms with Crippen LogP contribution in [-0.4, -0.2) is 5.97 Å². The zero-order chi connectivity index (χ0) is 18.9. The van der Waals surface area contributed by atoms with E-state index in [9.17, 15) is 4.79 Å². The zero-order valence-corrected chi connectivity index (χ0v) is 15.2. The van der Waals surface area contributed by atoms with Gasteiger partial charge in [-0.25, -0.2) is 4.79 Å². The number of esters is 1. The van der Waals surface area contributed by atoms with Gasteiger partial charge in [-0.05, 0) is 41.5 Å². The Hall–Kier alpha value is -3.59. The van der Waals surface area contributed by atoms with Crippen molar-refractivity contribution in [2.45, 2.75) is 12.5 Å². The Kier molecular flexibility index (Phi) is 2.89. The quantitative estimate of drug-likeness (QED) is 0.375. The maximum Gasteiger partial charge on any atom is 0.340 e. The molecule has 134 valence electrons. The molecule has 0 bridgehead atoms. The molecule has 6 rings (SSSR count). The van der Waals surface area contributed by atoms with Crippen LogP contribution in [0.3, 0.4) is 0 Å². The molecule has 0 aromatic heterocycles. The van der Waals surface area contributed by atoms with E-state index in [1.807, 2.05) is 73.7 Å². The van der Waals surface area contributed by atoms with Gasteiger partial charge in [-0.1, -0.05) is 60.7 Å². The van der Waals surface area contributed by atoms with Crippen molar-refractivity contribution >= 4 is 16.7 Å². The lowest BCUT2D eigenvalue weighted by atomic mass is 9.76. The normalized spacial score (nSPS) is 19.0. The number of hydrogen-bond acceptors (Lipinski definition) is 3. The predicted octanol–water partition coefficient (Wildman–Crippen LogP) is 5.72. The Morgan fingerprint density at radius 2 is 1.61 bits per heavy atom. The molecule has 1 unspecified atom stereocenters. The van der Waals surface area contributed by atoms with E-state index in [2.05, 4.69) is 12.1 Å². The SMILES string of the molecule is Cc1ccc2c(c1)Oc1ccc3ccccc3c1C21OC(=O)c2ccccc21. The average molecular weight is 364 g/mol. The van der Waals surface area contributed by atoms with Crippen LogP contribution >= 0.6 is 0 Å². The third kappa shape index (κ3) is 1.81. The lowest BCUT2D eigenvalue weighted by Crippen LogP contribution is -2.33. The second kappa shape index (κ2) is 5.23. The molecule has 28 heavy (non-hydrogen) atoms. The molecule has 1 atom stereocenters. The molecule has 0 fully saturated rings. The summed E-state index contributed by atoms with van der Waals surface area (Å²) in [6.45, 7) is 2.03. The molecule has 1 spiro atoms. The Bertz CT molecular complexity index is 1300. The summed E-state index contributed by atoms with van der Waals surface area (Å²) in [5.41, 5.74) is 3.31. The first-order valence-electron chi connectivity index (χ1n) is 9.32. The van der Waals surface area contributed by atoms with Gasteiger partial charge in [0.25, 0.3) is 0 Å². The Labute approximate surface area is 162 Å². The molecule has 4 aromatic carbocycles. The zero-order valence-electron chi connectivity index (χ0n) is 15.2. The lowest BCUT2D eigenvalue weighted by Gasteiger charge is -2.37. The summed E-state index contributed by atoms with van der Waals surface area (Å²) in [6.07, 6.45) is 0. The first kappa shape index (κ1) is 15.5. The lowest BCUT2D eigenvalue weighted by molar-refractivity contribution is 0.0229. The second-order valence-electron chi connectivity index (χ2n) is 7.38. The maximum absolute atomic E-state index is 12.9. The molecular weight excluding hydrogens is 348 g/mol. The van der Waals surface area contributed by atoms with Crippen molar-refractivity contribution in [1.82, 2.24) is 0 Å². The molecule has 0 saturated heterocycles. The molecule has 3 heteroatoms. The maximum atomic E-state index is 12.9. The van der Waals surface area contributed by atoms with Gasteiger partial charge in [0.05, 0.1) is 11.1 Å². The van der Waals surface area contributed by atoms with E-state index >= 15 is 0 Å². The summed E-state index contributed by atoms with van der Waals surface area (Å²) in [6, 6.07) is 25.9. The number of hydrogen-bond donors (Lipinski definition) is 0. The van der Waals surface area contributed by atoms with Gasteiger partial charge >= 0.3 is 5.97 Å². The van der Waals surface area contributed by atoms with E-state index in [1.165, 1.54) is 0 Å². The number of benzene rings is 4. The fourth-order valence-electron chi connectivity index (χ4n) is 4.56. The minimum atomic E-state index is -1.01. The van der Waals surface area contributed by atoms with Gasteiger partial charge in [0.15, 0.2) is 5.60 Å². The molecule has 0 aliphatic carbocycles. The highest BCUT2D eigenvalue weighted by molar-refractivity contribution is 5.99. The predicted molar refractivity (Wildman–Crippen MR) is 107 cm³/mol. The van der Waals surface area contributed by atoms with E-state index in [0.717, 1.165) is 44.5 Å². The topological polar surface area (TPSA) is 35.5 Å². The number of ether oxygens (including phenoxy) is 2. The Morgan fingerprint density at radius 1 is 0.786 bits per heavy atom. The van der Waals surface area contributed by atoms with Gasteiger partial charge in [-0.2, -0.15) is 0 Å². The fraction of sp³-hybridized carbons (Fsp3) is 0.0800. The highest BCUT2D eigenvalue weighted by Crippen LogP contribution is 2.57. The van der Waals surface area contributed by atoms with Crippen molar-refractivity contribution in [3.8, 4) is 11.5 Å². The highest BCUT2D eigenvalue weighted by Gasteiger charge is 2.54. The third-order valence-electron chi connectivity index (χ3n) is 5.75. The minimum Gasteiger partial charge on any atom is -0.456 e. The number of rotatable bonds is 0. The van der Waals surface area contributed by atoms with Gasteiger partial charge in [0, 0.05) is 11.1 Å². The van der Waals surface area contributed by atoms with Gasteiger partial charge in [-0.3, -0.25) is 0 Å². The second-order valence-corrected chi connectivity index (χ2v) is 7.38. The van der Waals surface area contributed by atoms with E-state index in [1.54, 1.807) is 0 Å². The number of carbonyl (C=O) groups excluding carboxylic acids is 1. The average Bonchev–Trinajstić information content (AvgIpc) is 3.01. The summed E-state index contributed by atoms with van der Waals surface area (Å²) in [5, 5.41) is 2.11. The third-order valence-corrected chi connectivity index (χ3v) is 5.75. The summed E-state index contributed by atoms with van der Waals surface area (Å²) in [7, 11) is 0. The Balaban J connectivity index is 1.82. The molecule has 3 nitrogen and oxygen atoms in total. The monoisotopic (exact) mass is 364 g/mol. The van der Waals surface area contributed by atoms with Crippen LogP contribution in [0.1, 0.15) is 32.6 Å². The smallest absolute Gasteiger partial charge is 0.340 e. The molecule has 4 aromatic rings. The van der Waals surface area contributed by atoms with Crippen molar-refractivity contribution in [2.24, 2.45) is 0 Å². The molecule has 2 aliphatic heterocycles. The van der Waals surface area contributed by atoms with Crippen molar-refractivity contribution in [3.05, 3.63) is 107 Å². The first-order chi connectivity index (χ1) is 13.7.